The van der Waals surface area contributed by atoms with Gasteiger partial charge in [-0.3, -0.25) is 10.1 Å². The fourth-order valence-corrected chi connectivity index (χ4v) is 2.11. The maximum atomic E-state index is 11.0. The Hall–Kier alpha value is -2.39. The standard InChI is InChI=1S/C14H9BrN2O3/c15-8-11-3-1-2-4-13(11)20-14-6-5-10(9-16)7-12(14)17(18)19/h1-7H,8H2. The Morgan fingerprint density at radius 2 is 2.00 bits per heavy atom. The fraction of sp³-hybridized carbons (Fsp3) is 0.0714. The number of ether oxygens (including phenoxy) is 1. The van der Waals surface area contributed by atoms with Crippen LogP contribution in [0.25, 0.3) is 0 Å². The summed E-state index contributed by atoms with van der Waals surface area (Å²) in [5, 5.41) is 20.4. The summed E-state index contributed by atoms with van der Waals surface area (Å²) in [6, 6.07) is 13.2. The lowest BCUT2D eigenvalue weighted by atomic mass is 10.2. The molecular weight excluding hydrogens is 324 g/mol. The van der Waals surface area contributed by atoms with E-state index in [1.54, 1.807) is 12.1 Å². The number of halogens is 1. The summed E-state index contributed by atoms with van der Waals surface area (Å²) in [6.45, 7) is 0. The summed E-state index contributed by atoms with van der Waals surface area (Å²) in [5.41, 5.74) is 0.873. The van der Waals surface area contributed by atoms with E-state index in [0.717, 1.165) is 5.56 Å². The number of nitrogens with zero attached hydrogens (tertiary/aromatic N) is 2. The third-order valence-electron chi connectivity index (χ3n) is 2.62. The first-order chi connectivity index (χ1) is 9.65. The van der Waals surface area contributed by atoms with E-state index in [9.17, 15) is 10.1 Å². The average Bonchev–Trinajstić information content (AvgIpc) is 2.48. The monoisotopic (exact) mass is 332 g/mol. The number of nitro groups is 1. The van der Waals surface area contributed by atoms with Crippen LogP contribution >= 0.6 is 15.9 Å². The van der Waals surface area contributed by atoms with Crippen LogP contribution in [0.2, 0.25) is 0 Å². The molecule has 0 aromatic heterocycles. The summed E-state index contributed by atoms with van der Waals surface area (Å²) >= 11 is 3.34. The summed E-state index contributed by atoms with van der Waals surface area (Å²) in [7, 11) is 0. The van der Waals surface area contributed by atoms with Crippen molar-refractivity contribution in [2.45, 2.75) is 5.33 Å². The average molecular weight is 333 g/mol. The molecule has 0 saturated carbocycles. The van der Waals surface area contributed by atoms with E-state index in [1.165, 1.54) is 18.2 Å². The molecule has 0 unspecified atom stereocenters. The summed E-state index contributed by atoms with van der Waals surface area (Å²) in [6.07, 6.45) is 0. The Balaban J connectivity index is 2.43. The number of para-hydroxylation sites is 1. The van der Waals surface area contributed by atoms with Gasteiger partial charge in [-0.1, -0.05) is 34.1 Å². The predicted octanol–water partition coefficient (Wildman–Crippen LogP) is 4.15. The highest BCUT2D eigenvalue weighted by atomic mass is 79.9. The highest BCUT2D eigenvalue weighted by Crippen LogP contribution is 2.34. The third-order valence-corrected chi connectivity index (χ3v) is 3.23. The van der Waals surface area contributed by atoms with Crippen molar-refractivity contribution < 1.29 is 9.66 Å². The van der Waals surface area contributed by atoms with Crippen molar-refractivity contribution in [2.75, 3.05) is 0 Å². The molecule has 0 amide bonds. The van der Waals surface area contributed by atoms with E-state index < -0.39 is 4.92 Å². The van der Waals surface area contributed by atoms with Gasteiger partial charge in [0.05, 0.1) is 16.6 Å². The van der Waals surface area contributed by atoms with E-state index in [0.29, 0.717) is 11.1 Å². The molecule has 0 aliphatic rings. The number of rotatable bonds is 4. The molecule has 2 rings (SSSR count). The van der Waals surface area contributed by atoms with Gasteiger partial charge in [-0.15, -0.1) is 0 Å². The first-order valence-corrected chi connectivity index (χ1v) is 6.78. The van der Waals surface area contributed by atoms with Crippen LogP contribution in [0.5, 0.6) is 11.5 Å². The molecule has 0 spiro atoms. The van der Waals surface area contributed by atoms with E-state index in [1.807, 2.05) is 18.2 Å². The van der Waals surface area contributed by atoms with Gasteiger partial charge in [0.1, 0.15) is 5.75 Å². The van der Waals surface area contributed by atoms with Crippen molar-refractivity contribution in [1.82, 2.24) is 0 Å². The maximum Gasteiger partial charge on any atom is 0.312 e. The molecule has 2 aromatic rings. The van der Waals surface area contributed by atoms with Gasteiger partial charge >= 0.3 is 5.69 Å². The van der Waals surface area contributed by atoms with Crippen LogP contribution in [0.4, 0.5) is 5.69 Å². The molecule has 5 nitrogen and oxygen atoms in total. The minimum atomic E-state index is -0.563. The summed E-state index contributed by atoms with van der Waals surface area (Å²) in [4.78, 5) is 10.5. The van der Waals surface area contributed by atoms with E-state index in [-0.39, 0.29) is 17.0 Å². The Kier molecular flexibility index (Phi) is 4.33. The first kappa shape index (κ1) is 14.0. The minimum Gasteiger partial charge on any atom is -0.450 e. The molecule has 6 heteroatoms. The highest BCUT2D eigenvalue weighted by molar-refractivity contribution is 9.08. The van der Waals surface area contributed by atoms with Gasteiger partial charge in [0.25, 0.3) is 0 Å². The third kappa shape index (κ3) is 2.95. The number of hydrogen-bond donors (Lipinski definition) is 0. The second-order valence-corrected chi connectivity index (χ2v) is 4.46. The second-order valence-electron chi connectivity index (χ2n) is 3.89. The molecular formula is C14H9BrN2O3. The first-order valence-electron chi connectivity index (χ1n) is 5.66. The Bertz CT molecular complexity index is 695. The highest BCUT2D eigenvalue weighted by Gasteiger charge is 2.17. The number of nitro benzene ring substituents is 1. The normalized spacial score (nSPS) is 9.80. The van der Waals surface area contributed by atoms with Crippen LogP contribution in [0.1, 0.15) is 11.1 Å². The zero-order valence-electron chi connectivity index (χ0n) is 10.2. The van der Waals surface area contributed by atoms with Crippen LogP contribution in [-0.4, -0.2) is 4.92 Å². The minimum absolute atomic E-state index is 0.113. The molecule has 100 valence electrons. The quantitative estimate of drug-likeness (QED) is 0.478. The molecule has 0 aliphatic carbocycles. The molecule has 0 atom stereocenters. The molecule has 0 bridgehead atoms. The predicted molar refractivity (Wildman–Crippen MR) is 77.0 cm³/mol. The lowest BCUT2D eigenvalue weighted by Gasteiger charge is -2.09. The molecule has 0 saturated heterocycles. The van der Waals surface area contributed by atoms with Crippen LogP contribution in [0.15, 0.2) is 42.5 Å². The van der Waals surface area contributed by atoms with Crippen LogP contribution < -0.4 is 4.74 Å². The van der Waals surface area contributed by atoms with Crippen LogP contribution in [0, 0.1) is 21.4 Å². The van der Waals surface area contributed by atoms with Crippen molar-refractivity contribution in [3.63, 3.8) is 0 Å². The van der Waals surface area contributed by atoms with Crippen molar-refractivity contribution in [3.8, 4) is 17.6 Å². The Morgan fingerprint density at radius 3 is 2.65 bits per heavy atom. The summed E-state index contributed by atoms with van der Waals surface area (Å²) in [5.74, 6) is 0.652. The molecule has 0 aliphatic heterocycles. The molecule has 20 heavy (non-hydrogen) atoms. The van der Waals surface area contributed by atoms with Crippen molar-refractivity contribution in [3.05, 3.63) is 63.7 Å². The maximum absolute atomic E-state index is 11.0. The molecule has 0 radical (unpaired) electrons. The molecule has 0 heterocycles. The molecule has 0 fully saturated rings. The van der Waals surface area contributed by atoms with Gasteiger partial charge in [0.2, 0.25) is 5.75 Å². The number of alkyl halides is 1. The van der Waals surface area contributed by atoms with Gasteiger partial charge in [0, 0.05) is 17.0 Å². The van der Waals surface area contributed by atoms with Gasteiger partial charge < -0.3 is 4.74 Å². The topological polar surface area (TPSA) is 76.2 Å². The summed E-state index contributed by atoms with van der Waals surface area (Å²) < 4.78 is 5.61. The van der Waals surface area contributed by atoms with Crippen molar-refractivity contribution in [2.24, 2.45) is 0 Å². The molecule has 0 N–H and O–H groups in total. The largest absolute Gasteiger partial charge is 0.450 e. The second kappa shape index (κ2) is 6.17. The Labute approximate surface area is 123 Å². The van der Waals surface area contributed by atoms with Gasteiger partial charge in [-0.05, 0) is 18.2 Å². The zero-order chi connectivity index (χ0) is 14.5. The van der Waals surface area contributed by atoms with Gasteiger partial charge in [0.15, 0.2) is 0 Å². The fourth-order valence-electron chi connectivity index (χ4n) is 1.65. The van der Waals surface area contributed by atoms with E-state index >= 15 is 0 Å². The van der Waals surface area contributed by atoms with Crippen LogP contribution in [-0.2, 0) is 5.33 Å². The van der Waals surface area contributed by atoms with E-state index in [2.05, 4.69) is 15.9 Å². The van der Waals surface area contributed by atoms with Gasteiger partial charge in [-0.25, -0.2) is 0 Å². The lowest BCUT2D eigenvalue weighted by Crippen LogP contribution is -1.95. The number of benzene rings is 2. The van der Waals surface area contributed by atoms with Crippen LogP contribution in [0.3, 0.4) is 0 Å². The number of hydrogen-bond acceptors (Lipinski definition) is 4. The van der Waals surface area contributed by atoms with Crippen molar-refractivity contribution in [1.29, 1.82) is 5.26 Å². The number of nitriles is 1. The Morgan fingerprint density at radius 1 is 1.25 bits per heavy atom. The van der Waals surface area contributed by atoms with Gasteiger partial charge in [-0.2, -0.15) is 5.26 Å². The van der Waals surface area contributed by atoms with E-state index in [4.69, 9.17) is 10.00 Å². The lowest BCUT2D eigenvalue weighted by molar-refractivity contribution is -0.385. The van der Waals surface area contributed by atoms with Crippen molar-refractivity contribution >= 4 is 21.6 Å². The molecule has 2 aromatic carbocycles. The SMILES string of the molecule is N#Cc1ccc(Oc2ccccc2CBr)c([N+](=O)[O-])c1. The smallest absolute Gasteiger partial charge is 0.312 e. The zero-order valence-corrected chi connectivity index (χ0v) is 11.8.